The Labute approximate surface area is 93.8 Å². The third kappa shape index (κ3) is 2.54. The van der Waals surface area contributed by atoms with Gasteiger partial charge in [-0.05, 0) is 25.2 Å². The van der Waals surface area contributed by atoms with Gasteiger partial charge in [0.15, 0.2) is 0 Å². The van der Waals surface area contributed by atoms with Crippen LogP contribution in [0.15, 0.2) is 0 Å². The molecule has 2 rings (SSSR count). The summed E-state index contributed by atoms with van der Waals surface area (Å²) in [6, 6.07) is 0. The van der Waals surface area contributed by atoms with Gasteiger partial charge in [0.05, 0.1) is 11.7 Å². The van der Waals surface area contributed by atoms with Gasteiger partial charge in [-0.2, -0.15) is 0 Å². The van der Waals surface area contributed by atoms with E-state index in [0.717, 1.165) is 25.4 Å². The van der Waals surface area contributed by atoms with E-state index in [1.807, 2.05) is 0 Å². The maximum atomic E-state index is 6.33. The van der Waals surface area contributed by atoms with Crippen molar-refractivity contribution in [3.05, 3.63) is 0 Å². The van der Waals surface area contributed by atoms with Crippen LogP contribution in [0.5, 0.6) is 0 Å². The van der Waals surface area contributed by atoms with Crippen molar-refractivity contribution in [2.45, 2.75) is 64.1 Å². The molecule has 2 nitrogen and oxygen atoms in total. The summed E-state index contributed by atoms with van der Waals surface area (Å²) in [6.07, 6.45) is 8.25. The van der Waals surface area contributed by atoms with Gasteiger partial charge in [0.1, 0.15) is 0 Å². The molecule has 2 heteroatoms. The van der Waals surface area contributed by atoms with Crippen LogP contribution in [-0.4, -0.2) is 24.8 Å². The molecule has 0 bridgehead atoms. The zero-order chi connectivity index (χ0) is 10.7. The molecule has 0 aromatic heterocycles. The van der Waals surface area contributed by atoms with Crippen molar-refractivity contribution in [1.82, 2.24) is 5.32 Å². The molecular formula is C13H25NO. The average Bonchev–Trinajstić information content (AvgIpc) is 2.29. The van der Waals surface area contributed by atoms with E-state index in [2.05, 4.69) is 19.2 Å². The Morgan fingerprint density at radius 3 is 2.93 bits per heavy atom. The molecule has 0 radical (unpaired) electrons. The molecular weight excluding hydrogens is 186 g/mol. The molecule has 1 aliphatic heterocycles. The van der Waals surface area contributed by atoms with E-state index in [0.29, 0.717) is 6.10 Å². The lowest BCUT2D eigenvalue weighted by molar-refractivity contribution is -0.143. The lowest BCUT2D eigenvalue weighted by Crippen LogP contribution is -2.55. The van der Waals surface area contributed by atoms with E-state index in [1.54, 1.807) is 0 Å². The molecule has 1 N–H and O–H groups in total. The first kappa shape index (κ1) is 11.4. The van der Waals surface area contributed by atoms with Crippen molar-refractivity contribution in [3.63, 3.8) is 0 Å². The number of ether oxygens (including phenoxy) is 1. The highest BCUT2D eigenvalue weighted by molar-refractivity contribution is 4.93. The van der Waals surface area contributed by atoms with Crippen LogP contribution in [0.25, 0.3) is 0 Å². The van der Waals surface area contributed by atoms with Gasteiger partial charge in [-0.1, -0.05) is 33.1 Å². The lowest BCUT2D eigenvalue weighted by Gasteiger charge is -2.46. The summed E-state index contributed by atoms with van der Waals surface area (Å²) in [5, 5.41) is 3.57. The van der Waals surface area contributed by atoms with Crippen LogP contribution in [0.3, 0.4) is 0 Å². The minimum Gasteiger partial charge on any atom is -0.369 e. The van der Waals surface area contributed by atoms with E-state index in [1.165, 1.54) is 32.1 Å². The zero-order valence-electron chi connectivity index (χ0n) is 10.2. The fourth-order valence-electron chi connectivity index (χ4n) is 3.18. The molecule has 15 heavy (non-hydrogen) atoms. The smallest absolute Gasteiger partial charge is 0.0813 e. The van der Waals surface area contributed by atoms with Crippen LogP contribution in [0.1, 0.15) is 52.4 Å². The van der Waals surface area contributed by atoms with Crippen LogP contribution in [0.4, 0.5) is 0 Å². The summed E-state index contributed by atoms with van der Waals surface area (Å²) in [4.78, 5) is 0. The molecule has 0 aromatic carbocycles. The predicted molar refractivity (Wildman–Crippen MR) is 63.0 cm³/mol. The number of nitrogens with one attached hydrogen (secondary N) is 1. The van der Waals surface area contributed by atoms with Gasteiger partial charge in [0, 0.05) is 13.1 Å². The molecule has 1 heterocycles. The second-order valence-corrected chi connectivity index (χ2v) is 5.33. The van der Waals surface area contributed by atoms with Gasteiger partial charge < -0.3 is 10.1 Å². The molecule has 0 amide bonds. The van der Waals surface area contributed by atoms with Crippen molar-refractivity contribution in [3.8, 4) is 0 Å². The topological polar surface area (TPSA) is 21.3 Å². The van der Waals surface area contributed by atoms with Crippen molar-refractivity contribution < 1.29 is 4.74 Å². The summed E-state index contributed by atoms with van der Waals surface area (Å²) in [6.45, 7) is 6.68. The average molecular weight is 211 g/mol. The Kier molecular flexibility index (Phi) is 3.68. The van der Waals surface area contributed by atoms with Gasteiger partial charge in [-0.3, -0.25) is 0 Å². The van der Waals surface area contributed by atoms with E-state index >= 15 is 0 Å². The van der Waals surface area contributed by atoms with Crippen LogP contribution in [0, 0.1) is 5.92 Å². The number of hydrogen-bond donors (Lipinski definition) is 1. The highest BCUT2D eigenvalue weighted by Crippen LogP contribution is 2.38. The van der Waals surface area contributed by atoms with Crippen LogP contribution in [-0.2, 0) is 4.74 Å². The largest absolute Gasteiger partial charge is 0.369 e. The van der Waals surface area contributed by atoms with E-state index in [9.17, 15) is 0 Å². The van der Waals surface area contributed by atoms with E-state index < -0.39 is 0 Å². The van der Waals surface area contributed by atoms with Gasteiger partial charge >= 0.3 is 0 Å². The minimum absolute atomic E-state index is 0.192. The quantitative estimate of drug-likeness (QED) is 0.758. The maximum Gasteiger partial charge on any atom is 0.0813 e. The standard InChI is InChI=1S/C13H25NO/c1-3-11-6-5-7-13(8-11)10-14-9-12(4-2)15-13/h11-12,14H,3-10H2,1-2H3. The SMILES string of the molecule is CCC1CCCC2(CNCC(CC)O2)C1. The molecule has 2 aliphatic rings. The summed E-state index contributed by atoms with van der Waals surface area (Å²) in [5.41, 5.74) is 0.192. The fraction of sp³-hybridized carbons (Fsp3) is 1.00. The Bertz CT molecular complexity index is 183. The molecule has 1 aliphatic carbocycles. The maximum absolute atomic E-state index is 6.33. The van der Waals surface area contributed by atoms with Crippen LogP contribution < -0.4 is 5.32 Å². The Balaban J connectivity index is 1.98. The molecule has 2 fully saturated rings. The van der Waals surface area contributed by atoms with Crippen molar-refractivity contribution >= 4 is 0 Å². The third-order valence-corrected chi connectivity index (χ3v) is 4.17. The predicted octanol–water partition coefficient (Wildman–Crippen LogP) is 2.72. The minimum atomic E-state index is 0.192. The first-order chi connectivity index (χ1) is 7.28. The van der Waals surface area contributed by atoms with Gasteiger partial charge in [-0.25, -0.2) is 0 Å². The normalized spacial score (nSPS) is 42.0. The number of hydrogen-bond acceptors (Lipinski definition) is 2. The molecule has 3 atom stereocenters. The molecule has 88 valence electrons. The Hall–Kier alpha value is -0.0800. The first-order valence-electron chi connectivity index (χ1n) is 6.66. The van der Waals surface area contributed by atoms with Crippen molar-refractivity contribution in [1.29, 1.82) is 0 Å². The third-order valence-electron chi connectivity index (χ3n) is 4.17. The van der Waals surface area contributed by atoms with Crippen LogP contribution >= 0.6 is 0 Å². The molecule has 0 aromatic rings. The van der Waals surface area contributed by atoms with Crippen LogP contribution in [0.2, 0.25) is 0 Å². The molecule has 1 spiro atoms. The molecule has 3 unspecified atom stereocenters. The summed E-state index contributed by atoms with van der Waals surface area (Å²) in [5.74, 6) is 0.899. The van der Waals surface area contributed by atoms with E-state index in [4.69, 9.17) is 4.74 Å². The van der Waals surface area contributed by atoms with Gasteiger partial charge in [-0.15, -0.1) is 0 Å². The summed E-state index contributed by atoms with van der Waals surface area (Å²) < 4.78 is 6.33. The lowest BCUT2D eigenvalue weighted by atomic mass is 9.76. The number of morpholine rings is 1. The molecule has 1 saturated carbocycles. The monoisotopic (exact) mass is 211 g/mol. The summed E-state index contributed by atoms with van der Waals surface area (Å²) >= 11 is 0. The second kappa shape index (κ2) is 4.84. The van der Waals surface area contributed by atoms with Crippen molar-refractivity contribution in [2.75, 3.05) is 13.1 Å². The highest BCUT2D eigenvalue weighted by atomic mass is 16.5. The van der Waals surface area contributed by atoms with Gasteiger partial charge in [0.2, 0.25) is 0 Å². The first-order valence-corrected chi connectivity index (χ1v) is 6.66. The summed E-state index contributed by atoms with van der Waals surface area (Å²) in [7, 11) is 0. The Morgan fingerprint density at radius 1 is 1.33 bits per heavy atom. The second-order valence-electron chi connectivity index (χ2n) is 5.33. The van der Waals surface area contributed by atoms with Gasteiger partial charge in [0.25, 0.3) is 0 Å². The van der Waals surface area contributed by atoms with E-state index in [-0.39, 0.29) is 5.60 Å². The highest BCUT2D eigenvalue weighted by Gasteiger charge is 2.40. The van der Waals surface area contributed by atoms with Crippen molar-refractivity contribution in [2.24, 2.45) is 5.92 Å². The Morgan fingerprint density at radius 2 is 2.20 bits per heavy atom. The fourth-order valence-corrected chi connectivity index (χ4v) is 3.18. The zero-order valence-corrected chi connectivity index (χ0v) is 10.2. The number of rotatable bonds is 2. The molecule has 1 saturated heterocycles.